The van der Waals surface area contributed by atoms with Gasteiger partial charge in [-0.3, -0.25) is 9.59 Å². The molecule has 0 unspecified atom stereocenters. The van der Waals surface area contributed by atoms with Crippen LogP contribution in [0.1, 0.15) is 36.3 Å². The van der Waals surface area contributed by atoms with Gasteiger partial charge < -0.3 is 4.90 Å². The maximum absolute atomic E-state index is 12.9. The quantitative estimate of drug-likeness (QED) is 0.752. The number of Topliss-reactive ketones (excluding diaryl/α,β-unsaturated/α-hetero) is 1. The number of nitrogens with zero attached hydrogens (tertiary/aromatic N) is 2. The van der Waals surface area contributed by atoms with Crippen molar-refractivity contribution in [1.29, 1.82) is 5.26 Å². The van der Waals surface area contributed by atoms with Gasteiger partial charge in [-0.2, -0.15) is 5.26 Å². The van der Waals surface area contributed by atoms with E-state index in [1.807, 2.05) is 66.7 Å². The molecule has 1 fully saturated rings. The molecule has 2 aromatic rings. The second-order valence-electron chi connectivity index (χ2n) is 6.64. The van der Waals surface area contributed by atoms with Gasteiger partial charge in [0.15, 0.2) is 11.7 Å². The molecule has 0 radical (unpaired) electrons. The lowest BCUT2D eigenvalue weighted by Gasteiger charge is -2.21. The number of rotatable bonds is 6. The van der Waals surface area contributed by atoms with Gasteiger partial charge in [0.1, 0.15) is 0 Å². The minimum atomic E-state index is -1.21. The van der Waals surface area contributed by atoms with Crippen LogP contribution < -0.4 is 0 Å². The van der Waals surface area contributed by atoms with E-state index >= 15 is 0 Å². The monoisotopic (exact) mass is 346 g/mol. The Bertz CT molecular complexity index is 750. The van der Waals surface area contributed by atoms with Gasteiger partial charge in [-0.15, -0.1) is 0 Å². The molecule has 0 saturated carbocycles. The van der Waals surface area contributed by atoms with E-state index in [2.05, 4.69) is 0 Å². The normalized spacial score (nSPS) is 14.8. The van der Waals surface area contributed by atoms with Crippen molar-refractivity contribution in [2.24, 2.45) is 5.92 Å². The number of nitriles is 1. The summed E-state index contributed by atoms with van der Waals surface area (Å²) >= 11 is 0. The molecule has 0 bridgehead atoms. The number of ketones is 1. The summed E-state index contributed by atoms with van der Waals surface area (Å²) in [5.41, 5.74) is 2.02. The fraction of sp³-hybridized carbons (Fsp3) is 0.318. The first-order valence-corrected chi connectivity index (χ1v) is 9.01. The molecular weight excluding hydrogens is 324 g/mol. The van der Waals surface area contributed by atoms with Crippen LogP contribution in [0.5, 0.6) is 0 Å². The van der Waals surface area contributed by atoms with Crippen molar-refractivity contribution in [2.75, 3.05) is 13.1 Å². The lowest BCUT2D eigenvalue weighted by molar-refractivity contribution is -0.138. The molecule has 0 aromatic heterocycles. The highest BCUT2D eigenvalue weighted by Crippen LogP contribution is 2.29. The predicted molar refractivity (Wildman–Crippen MR) is 99.3 cm³/mol. The highest BCUT2D eigenvalue weighted by molar-refractivity contribution is 6.04. The van der Waals surface area contributed by atoms with Crippen LogP contribution in [0, 0.1) is 17.2 Å². The summed E-state index contributed by atoms with van der Waals surface area (Å²) in [5.74, 6) is -2.01. The molecule has 132 valence electrons. The van der Waals surface area contributed by atoms with Crippen molar-refractivity contribution < 1.29 is 9.59 Å². The van der Waals surface area contributed by atoms with Crippen LogP contribution >= 0.6 is 0 Å². The fourth-order valence-electron chi connectivity index (χ4n) is 3.50. The van der Waals surface area contributed by atoms with Gasteiger partial charge in [0, 0.05) is 25.4 Å². The Morgan fingerprint density at radius 1 is 0.923 bits per heavy atom. The van der Waals surface area contributed by atoms with Crippen LogP contribution in [0.2, 0.25) is 0 Å². The van der Waals surface area contributed by atoms with Crippen LogP contribution in [0.4, 0.5) is 0 Å². The summed E-state index contributed by atoms with van der Waals surface area (Å²) in [4.78, 5) is 27.1. The van der Waals surface area contributed by atoms with Crippen molar-refractivity contribution in [2.45, 2.75) is 25.2 Å². The number of likely N-dealkylation sites (tertiary alicyclic amines) is 1. The summed E-state index contributed by atoms with van der Waals surface area (Å²) in [5, 5.41) is 9.46. The third-order valence-corrected chi connectivity index (χ3v) is 4.92. The van der Waals surface area contributed by atoms with Gasteiger partial charge in [-0.05, 0) is 24.0 Å². The number of carbonyl (C=O) groups is 2. The Hall–Kier alpha value is -2.93. The van der Waals surface area contributed by atoms with Gasteiger partial charge in [0.2, 0.25) is 5.91 Å². The molecule has 1 amide bonds. The van der Waals surface area contributed by atoms with E-state index in [9.17, 15) is 14.9 Å². The maximum atomic E-state index is 12.9. The Morgan fingerprint density at radius 2 is 1.42 bits per heavy atom. The lowest BCUT2D eigenvalue weighted by atomic mass is 9.84. The van der Waals surface area contributed by atoms with Crippen molar-refractivity contribution in [3.63, 3.8) is 0 Å². The van der Waals surface area contributed by atoms with Crippen LogP contribution in [-0.2, 0) is 9.59 Å². The average Bonchev–Trinajstić information content (AvgIpc) is 3.23. The van der Waals surface area contributed by atoms with E-state index < -0.39 is 5.92 Å². The van der Waals surface area contributed by atoms with Crippen LogP contribution in [0.25, 0.3) is 0 Å². The Kier molecular flexibility index (Phi) is 5.80. The zero-order valence-corrected chi connectivity index (χ0v) is 14.7. The molecular formula is C22H22N2O2. The zero-order chi connectivity index (χ0) is 18.4. The molecule has 1 saturated heterocycles. The molecule has 0 spiro atoms. The van der Waals surface area contributed by atoms with Crippen molar-refractivity contribution in [3.8, 4) is 6.07 Å². The Morgan fingerprint density at radius 3 is 1.88 bits per heavy atom. The van der Waals surface area contributed by atoms with Crippen molar-refractivity contribution >= 4 is 11.7 Å². The van der Waals surface area contributed by atoms with E-state index in [0.29, 0.717) is 13.1 Å². The van der Waals surface area contributed by atoms with Gasteiger partial charge in [0.25, 0.3) is 0 Å². The Balaban J connectivity index is 1.83. The molecule has 4 nitrogen and oxygen atoms in total. The molecule has 0 aliphatic carbocycles. The standard InChI is InChI=1S/C22H22N2O2/c23-16-20(22(26)24-13-7-8-14-24)21(25)15-19(17-9-3-1-4-10-17)18-11-5-2-6-12-18/h1-6,9-12,19-20H,7-8,13-15H2/t20-/m1/s1. The van der Waals surface area contributed by atoms with Crippen molar-refractivity contribution in [1.82, 2.24) is 4.90 Å². The van der Waals surface area contributed by atoms with Crippen LogP contribution in [0.3, 0.4) is 0 Å². The van der Waals surface area contributed by atoms with Gasteiger partial charge in [-0.1, -0.05) is 60.7 Å². The molecule has 2 aromatic carbocycles. The Labute approximate surface area is 154 Å². The highest BCUT2D eigenvalue weighted by Gasteiger charge is 2.33. The van der Waals surface area contributed by atoms with E-state index in [4.69, 9.17) is 0 Å². The first-order valence-electron chi connectivity index (χ1n) is 9.01. The van der Waals surface area contributed by atoms with Gasteiger partial charge in [0.05, 0.1) is 6.07 Å². The van der Waals surface area contributed by atoms with E-state index in [-0.39, 0.29) is 24.0 Å². The predicted octanol–water partition coefficient (Wildman–Crippen LogP) is 3.54. The lowest BCUT2D eigenvalue weighted by Crippen LogP contribution is -2.37. The summed E-state index contributed by atoms with van der Waals surface area (Å²) in [6, 6.07) is 21.5. The molecule has 3 rings (SSSR count). The first-order chi connectivity index (χ1) is 12.7. The second kappa shape index (κ2) is 8.44. The highest BCUT2D eigenvalue weighted by atomic mass is 16.2. The number of carbonyl (C=O) groups excluding carboxylic acids is 2. The molecule has 1 aliphatic heterocycles. The molecule has 1 aliphatic rings. The van der Waals surface area contributed by atoms with E-state index in [0.717, 1.165) is 24.0 Å². The zero-order valence-electron chi connectivity index (χ0n) is 14.7. The van der Waals surface area contributed by atoms with E-state index in [1.165, 1.54) is 0 Å². The van der Waals surface area contributed by atoms with Gasteiger partial charge >= 0.3 is 0 Å². The molecule has 4 heteroatoms. The summed E-state index contributed by atoms with van der Waals surface area (Å²) in [6.07, 6.45) is 2.02. The van der Waals surface area contributed by atoms with Gasteiger partial charge in [-0.25, -0.2) is 0 Å². The smallest absolute Gasteiger partial charge is 0.247 e. The third-order valence-electron chi connectivity index (χ3n) is 4.92. The molecule has 1 atom stereocenters. The maximum Gasteiger partial charge on any atom is 0.247 e. The number of benzene rings is 2. The summed E-state index contributed by atoms with van der Waals surface area (Å²) in [7, 11) is 0. The second-order valence-corrected chi connectivity index (χ2v) is 6.64. The molecule has 26 heavy (non-hydrogen) atoms. The fourth-order valence-corrected chi connectivity index (χ4v) is 3.50. The van der Waals surface area contributed by atoms with Crippen molar-refractivity contribution in [3.05, 3.63) is 71.8 Å². The molecule has 0 N–H and O–H groups in total. The first kappa shape index (κ1) is 17.9. The van der Waals surface area contributed by atoms with E-state index in [1.54, 1.807) is 4.90 Å². The third kappa shape index (κ3) is 4.00. The minimum absolute atomic E-state index is 0.145. The largest absolute Gasteiger partial charge is 0.341 e. The average molecular weight is 346 g/mol. The number of amides is 1. The van der Waals surface area contributed by atoms with Crippen LogP contribution in [0.15, 0.2) is 60.7 Å². The summed E-state index contributed by atoms with van der Waals surface area (Å²) < 4.78 is 0. The molecule has 1 heterocycles. The topological polar surface area (TPSA) is 61.2 Å². The minimum Gasteiger partial charge on any atom is -0.341 e. The van der Waals surface area contributed by atoms with Crippen LogP contribution in [-0.4, -0.2) is 29.7 Å². The number of hydrogen-bond acceptors (Lipinski definition) is 3. The SMILES string of the molecule is N#C[C@H](C(=O)CC(c1ccccc1)c1ccccc1)C(=O)N1CCCC1. The number of hydrogen-bond donors (Lipinski definition) is 0. The summed E-state index contributed by atoms with van der Waals surface area (Å²) in [6.45, 7) is 1.29.